The molecule has 0 unspecified atom stereocenters. The normalized spacial score (nSPS) is 15.4. The van der Waals surface area contributed by atoms with E-state index in [1.807, 2.05) is 4.90 Å². The molecule has 1 aliphatic rings. The average molecular weight is 414 g/mol. The molecule has 9 heteroatoms. The number of carbonyl (C=O) groups is 1. The topological polar surface area (TPSA) is 95.6 Å². The fourth-order valence-corrected chi connectivity index (χ4v) is 3.49. The Morgan fingerprint density at radius 2 is 1.79 bits per heavy atom. The van der Waals surface area contributed by atoms with Gasteiger partial charge in [0.15, 0.2) is 0 Å². The van der Waals surface area contributed by atoms with Gasteiger partial charge in [-0.15, -0.1) is 0 Å². The Morgan fingerprint density at radius 3 is 2.41 bits per heavy atom. The Morgan fingerprint density at radius 1 is 1.14 bits per heavy atom. The van der Waals surface area contributed by atoms with Gasteiger partial charge in [-0.25, -0.2) is 9.97 Å². The summed E-state index contributed by atoms with van der Waals surface area (Å²) in [6.07, 6.45) is 2.48. The summed E-state index contributed by atoms with van der Waals surface area (Å²) in [4.78, 5) is 25.3. The van der Waals surface area contributed by atoms with E-state index in [-0.39, 0.29) is 11.7 Å². The van der Waals surface area contributed by atoms with Crippen molar-refractivity contribution < 1.29 is 14.4 Å². The van der Waals surface area contributed by atoms with E-state index >= 15 is 0 Å². The molecule has 4 rings (SSSR count). The van der Waals surface area contributed by atoms with Crippen LogP contribution in [0.3, 0.4) is 0 Å². The van der Waals surface area contributed by atoms with E-state index in [4.69, 9.17) is 16.1 Å². The first-order valence-corrected chi connectivity index (χ1v) is 9.67. The van der Waals surface area contributed by atoms with E-state index in [2.05, 4.69) is 15.1 Å². The number of halogens is 1. The lowest BCUT2D eigenvalue weighted by molar-refractivity contribution is 0.0696. The summed E-state index contributed by atoms with van der Waals surface area (Å²) < 4.78 is 5.40. The van der Waals surface area contributed by atoms with Gasteiger partial charge < -0.3 is 19.4 Å². The summed E-state index contributed by atoms with van der Waals surface area (Å²) in [5.74, 6) is 0.422. The maximum absolute atomic E-state index is 13.1. The third-order valence-corrected chi connectivity index (χ3v) is 5.11. The van der Waals surface area contributed by atoms with Crippen molar-refractivity contribution in [2.24, 2.45) is 0 Å². The molecule has 8 nitrogen and oxygen atoms in total. The van der Waals surface area contributed by atoms with Gasteiger partial charge in [0.1, 0.15) is 5.69 Å². The standard InChI is InChI=1S/C20H20ClN5O3/c1-13(27)16-17(14-3-5-15(21)6-4-14)24-29-18(16)19(28)25-9-11-26(12-10-25)20-22-7-2-8-23-20/h2-8,13,27H,9-12H2,1H3/t13-/m0/s1. The quantitative estimate of drug-likeness (QED) is 0.702. The third kappa shape index (κ3) is 3.94. The fraction of sp³-hybridized carbons (Fsp3) is 0.300. The monoisotopic (exact) mass is 413 g/mol. The smallest absolute Gasteiger partial charge is 0.293 e. The Bertz CT molecular complexity index is 983. The zero-order valence-corrected chi connectivity index (χ0v) is 16.6. The number of anilines is 1. The summed E-state index contributed by atoms with van der Waals surface area (Å²) in [7, 11) is 0. The summed E-state index contributed by atoms with van der Waals surface area (Å²) in [5, 5.41) is 15.0. The lowest BCUT2D eigenvalue weighted by Crippen LogP contribution is -2.49. The van der Waals surface area contributed by atoms with Gasteiger partial charge in [0, 0.05) is 49.2 Å². The SMILES string of the molecule is C[C@H](O)c1c(-c2ccc(Cl)cc2)noc1C(=O)N1CCN(c2ncccn2)CC1. The van der Waals surface area contributed by atoms with Crippen molar-refractivity contribution in [3.05, 3.63) is 59.1 Å². The van der Waals surface area contributed by atoms with Crippen LogP contribution in [0.2, 0.25) is 5.02 Å². The molecule has 1 aliphatic heterocycles. The Balaban J connectivity index is 1.54. The third-order valence-electron chi connectivity index (χ3n) is 4.86. The maximum Gasteiger partial charge on any atom is 0.293 e. The number of aromatic nitrogens is 3. The highest BCUT2D eigenvalue weighted by atomic mass is 35.5. The van der Waals surface area contributed by atoms with E-state index in [1.54, 1.807) is 54.5 Å². The summed E-state index contributed by atoms with van der Waals surface area (Å²) in [5.41, 5.74) is 1.54. The highest BCUT2D eigenvalue weighted by molar-refractivity contribution is 6.30. The number of piperazine rings is 1. The van der Waals surface area contributed by atoms with E-state index in [9.17, 15) is 9.90 Å². The van der Waals surface area contributed by atoms with Crippen molar-refractivity contribution in [2.75, 3.05) is 31.1 Å². The van der Waals surface area contributed by atoms with Crippen molar-refractivity contribution in [2.45, 2.75) is 13.0 Å². The molecule has 0 aliphatic carbocycles. The molecule has 29 heavy (non-hydrogen) atoms. The van der Waals surface area contributed by atoms with Crippen molar-refractivity contribution in [3.8, 4) is 11.3 Å². The van der Waals surface area contributed by atoms with Crippen LogP contribution in [0, 0.1) is 0 Å². The minimum absolute atomic E-state index is 0.0642. The molecular formula is C20H20ClN5O3. The number of aliphatic hydroxyl groups excluding tert-OH is 1. The van der Waals surface area contributed by atoms with E-state index in [1.165, 1.54) is 0 Å². The van der Waals surface area contributed by atoms with E-state index in [0.717, 1.165) is 5.56 Å². The number of aliphatic hydroxyl groups is 1. The van der Waals surface area contributed by atoms with Crippen LogP contribution in [-0.4, -0.2) is 57.2 Å². The van der Waals surface area contributed by atoms with Crippen LogP contribution < -0.4 is 4.90 Å². The van der Waals surface area contributed by atoms with Crippen LogP contribution in [0.25, 0.3) is 11.3 Å². The second-order valence-electron chi connectivity index (χ2n) is 6.78. The van der Waals surface area contributed by atoms with Gasteiger partial charge in [0.25, 0.3) is 5.91 Å². The Hall–Kier alpha value is -2.97. The molecule has 0 bridgehead atoms. The summed E-state index contributed by atoms with van der Waals surface area (Å²) >= 11 is 5.95. The molecule has 150 valence electrons. The molecule has 1 fully saturated rings. The number of hydrogen-bond acceptors (Lipinski definition) is 7. The Labute approximate surface area is 172 Å². The number of benzene rings is 1. The molecule has 1 saturated heterocycles. The summed E-state index contributed by atoms with van der Waals surface area (Å²) in [6.45, 7) is 3.80. The van der Waals surface area contributed by atoms with Crippen molar-refractivity contribution in [1.29, 1.82) is 0 Å². The molecule has 0 saturated carbocycles. The number of hydrogen-bond donors (Lipinski definition) is 1. The molecule has 1 aromatic carbocycles. The van der Waals surface area contributed by atoms with Gasteiger partial charge in [0.05, 0.1) is 11.7 Å². The van der Waals surface area contributed by atoms with Gasteiger partial charge in [-0.05, 0) is 25.1 Å². The van der Waals surface area contributed by atoms with Crippen LogP contribution in [0.5, 0.6) is 0 Å². The highest BCUT2D eigenvalue weighted by Crippen LogP contribution is 2.32. The van der Waals surface area contributed by atoms with E-state index < -0.39 is 6.10 Å². The largest absolute Gasteiger partial charge is 0.388 e. The average Bonchev–Trinajstić information content (AvgIpc) is 3.20. The minimum Gasteiger partial charge on any atom is -0.388 e. The van der Waals surface area contributed by atoms with Gasteiger partial charge in [-0.2, -0.15) is 0 Å². The van der Waals surface area contributed by atoms with Gasteiger partial charge in [0.2, 0.25) is 11.7 Å². The predicted octanol–water partition coefficient (Wildman–Crippen LogP) is 2.80. The van der Waals surface area contributed by atoms with Crippen LogP contribution in [0.4, 0.5) is 5.95 Å². The molecule has 0 radical (unpaired) electrons. The first kappa shape index (κ1) is 19.4. The van der Waals surface area contributed by atoms with Gasteiger partial charge >= 0.3 is 0 Å². The first-order chi connectivity index (χ1) is 14.0. The van der Waals surface area contributed by atoms with Crippen LogP contribution in [0.1, 0.15) is 29.1 Å². The molecule has 3 heterocycles. The van der Waals surface area contributed by atoms with Crippen molar-refractivity contribution in [3.63, 3.8) is 0 Å². The fourth-order valence-electron chi connectivity index (χ4n) is 3.36. The molecule has 1 N–H and O–H groups in total. The van der Waals surface area contributed by atoms with Crippen molar-refractivity contribution in [1.82, 2.24) is 20.0 Å². The summed E-state index contributed by atoms with van der Waals surface area (Å²) in [6, 6.07) is 8.77. The number of amides is 1. The van der Waals surface area contributed by atoms with Crippen LogP contribution in [-0.2, 0) is 0 Å². The molecule has 1 amide bonds. The minimum atomic E-state index is -0.912. The first-order valence-electron chi connectivity index (χ1n) is 9.29. The van der Waals surface area contributed by atoms with Crippen LogP contribution in [0.15, 0.2) is 47.2 Å². The van der Waals surface area contributed by atoms with Crippen LogP contribution >= 0.6 is 11.6 Å². The zero-order chi connectivity index (χ0) is 20.4. The van der Waals surface area contributed by atoms with Crippen molar-refractivity contribution >= 4 is 23.5 Å². The zero-order valence-electron chi connectivity index (χ0n) is 15.8. The molecule has 2 aromatic heterocycles. The number of rotatable bonds is 4. The second-order valence-corrected chi connectivity index (χ2v) is 7.22. The molecule has 3 aromatic rings. The number of carbonyl (C=O) groups excluding carboxylic acids is 1. The maximum atomic E-state index is 13.1. The van der Waals surface area contributed by atoms with Gasteiger partial charge in [-0.1, -0.05) is 28.9 Å². The number of nitrogens with zero attached hydrogens (tertiary/aromatic N) is 5. The highest BCUT2D eigenvalue weighted by Gasteiger charge is 2.31. The van der Waals surface area contributed by atoms with E-state index in [0.29, 0.717) is 48.4 Å². The molecule has 0 spiro atoms. The lowest BCUT2D eigenvalue weighted by atomic mass is 10.0. The second kappa shape index (κ2) is 8.18. The molecular weight excluding hydrogens is 394 g/mol. The molecule has 1 atom stereocenters. The van der Waals surface area contributed by atoms with Gasteiger partial charge in [-0.3, -0.25) is 4.79 Å². The predicted molar refractivity (Wildman–Crippen MR) is 108 cm³/mol. The lowest BCUT2D eigenvalue weighted by Gasteiger charge is -2.34. The Kier molecular flexibility index (Phi) is 5.46.